The molecule has 0 saturated carbocycles. The van der Waals surface area contributed by atoms with Crippen molar-refractivity contribution in [3.63, 3.8) is 0 Å². The van der Waals surface area contributed by atoms with Gasteiger partial charge < -0.3 is 19.5 Å². The van der Waals surface area contributed by atoms with Crippen molar-refractivity contribution in [2.45, 2.75) is 93.4 Å². The van der Waals surface area contributed by atoms with E-state index in [1.807, 2.05) is 0 Å². The molecule has 0 spiro atoms. The molecule has 0 saturated heterocycles. The maximum absolute atomic E-state index is 13.0. The predicted molar refractivity (Wildman–Crippen MR) is 131 cm³/mol. The topological polar surface area (TPSA) is 90.9 Å². The van der Waals surface area contributed by atoms with Gasteiger partial charge in [-0.3, -0.25) is 4.79 Å². The van der Waals surface area contributed by atoms with Crippen LogP contribution in [0.15, 0.2) is 12.2 Å². The molecule has 1 unspecified atom stereocenters. The Labute approximate surface area is 201 Å². The predicted octanol–water partition coefficient (Wildman–Crippen LogP) is 5.81. The van der Waals surface area contributed by atoms with Gasteiger partial charge in [0.1, 0.15) is 6.61 Å². The molecule has 7 heteroatoms. The van der Waals surface area contributed by atoms with E-state index in [2.05, 4.69) is 53.4 Å². The van der Waals surface area contributed by atoms with Crippen LogP contribution in [-0.2, 0) is 23.8 Å². The third-order valence-electron chi connectivity index (χ3n) is 7.11. The number of hydrogen-bond donors (Lipinski definition) is 1. The highest BCUT2D eigenvalue weighted by molar-refractivity contribution is 5.86. The summed E-state index contributed by atoms with van der Waals surface area (Å²) in [6.07, 6.45) is 5.41. The molecule has 0 aliphatic rings. The van der Waals surface area contributed by atoms with E-state index in [0.717, 1.165) is 32.1 Å². The van der Waals surface area contributed by atoms with E-state index in [1.54, 1.807) is 6.92 Å². The molecule has 0 radical (unpaired) electrons. The van der Waals surface area contributed by atoms with Crippen molar-refractivity contribution in [1.29, 1.82) is 0 Å². The van der Waals surface area contributed by atoms with Crippen LogP contribution in [0, 0.1) is 16.7 Å². The third-order valence-corrected chi connectivity index (χ3v) is 7.11. The lowest BCUT2D eigenvalue weighted by Crippen LogP contribution is -2.38. The number of carbonyl (C=O) groups excluding carboxylic acids is 3. The molecule has 1 atom stereocenters. The molecule has 0 aromatic carbocycles. The monoisotopic (exact) mass is 469 g/mol. The van der Waals surface area contributed by atoms with Crippen molar-refractivity contribution >= 4 is 18.0 Å². The number of alkyl carbamates (subject to hydrolysis) is 1. The van der Waals surface area contributed by atoms with Crippen LogP contribution in [0.4, 0.5) is 4.79 Å². The molecule has 0 aromatic heterocycles. The van der Waals surface area contributed by atoms with Gasteiger partial charge in [0.25, 0.3) is 0 Å². The van der Waals surface area contributed by atoms with Gasteiger partial charge in [-0.25, -0.2) is 9.59 Å². The minimum absolute atomic E-state index is 0.0570. The van der Waals surface area contributed by atoms with Crippen molar-refractivity contribution in [2.24, 2.45) is 16.7 Å². The molecular formula is C26H47NO6. The fourth-order valence-corrected chi connectivity index (χ4v) is 3.50. The SMILES string of the molecule is C=C(C)C(=O)OCCNC(=O)OCCCCOC(=O)C(CC(C)(CC)CC)C(C)(CC)CC. The fourth-order valence-electron chi connectivity index (χ4n) is 3.50. The van der Waals surface area contributed by atoms with Crippen LogP contribution in [0.25, 0.3) is 0 Å². The molecule has 7 nitrogen and oxygen atoms in total. The molecule has 0 aliphatic carbocycles. The second-order valence-corrected chi connectivity index (χ2v) is 9.49. The molecule has 33 heavy (non-hydrogen) atoms. The van der Waals surface area contributed by atoms with E-state index in [0.29, 0.717) is 25.0 Å². The lowest BCUT2D eigenvalue weighted by atomic mass is 9.65. The van der Waals surface area contributed by atoms with E-state index in [1.165, 1.54) is 0 Å². The maximum atomic E-state index is 13.0. The van der Waals surface area contributed by atoms with E-state index < -0.39 is 12.1 Å². The van der Waals surface area contributed by atoms with Crippen molar-refractivity contribution in [3.8, 4) is 0 Å². The summed E-state index contributed by atoms with van der Waals surface area (Å²) in [5.41, 5.74) is 0.352. The summed E-state index contributed by atoms with van der Waals surface area (Å²) >= 11 is 0. The number of unbranched alkanes of at least 4 members (excludes halogenated alkanes) is 1. The highest BCUT2D eigenvalue weighted by Gasteiger charge is 2.41. The summed E-state index contributed by atoms with van der Waals surface area (Å²) < 4.78 is 15.6. The normalized spacial score (nSPS) is 12.6. The first-order chi connectivity index (χ1) is 15.5. The summed E-state index contributed by atoms with van der Waals surface area (Å²) in [6, 6.07) is 0. The molecule has 0 rings (SSSR count). The molecule has 0 aliphatic heterocycles. The molecule has 1 amide bonds. The van der Waals surface area contributed by atoms with Gasteiger partial charge in [0.05, 0.1) is 25.7 Å². The number of rotatable bonds is 17. The molecular weight excluding hydrogens is 422 g/mol. The van der Waals surface area contributed by atoms with Gasteiger partial charge in [0.2, 0.25) is 0 Å². The third kappa shape index (κ3) is 11.6. The summed E-state index contributed by atoms with van der Waals surface area (Å²) in [5, 5.41) is 2.51. The Hall–Kier alpha value is -2.05. The van der Waals surface area contributed by atoms with E-state index >= 15 is 0 Å². The molecule has 192 valence electrons. The number of esters is 2. The van der Waals surface area contributed by atoms with Crippen LogP contribution in [0.3, 0.4) is 0 Å². The van der Waals surface area contributed by atoms with E-state index in [4.69, 9.17) is 14.2 Å². The Balaban J connectivity index is 4.37. The Bertz CT molecular complexity index is 622. The Kier molecular flexibility index (Phi) is 14.8. The summed E-state index contributed by atoms with van der Waals surface area (Å²) in [7, 11) is 0. The van der Waals surface area contributed by atoms with Gasteiger partial charge in [-0.2, -0.15) is 0 Å². The molecule has 0 heterocycles. The summed E-state index contributed by atoms with van der Waals surface area (Å²) in [4.78, 5) is 35.9. The first kappa shape index (κ1) is 30.9. The molecule has 1 N–H and O–H groups in total. The van der Waals surface area contributed by atoms with Crippen molar-refractivity contribution in [2.75, 3.05) is 26.4 Å². The van der Waals surface area contributed by atoms with E-state index in [9.17, 15) is 14.4 Å². The second-order valence-electron chi connectivity index (χ2n) is 9.49. The lowest BCUT2D eigenvalue weighted by molar-refractivity contribution is -0.156. The van der Waals surface area contributed by atoms with Crippen molar-refractivity contribution < 1.29 is 28.6 Å². The van der Waals surface area contributed by atoms with Gasteiger partial charge in [0.15, 0.2) is 0 Å². The van der Waals surface area contributed by atoms with Crippen LogP contribution in [0.2, 0.25) is 0 Å². The zero-order valence-electron chi connectivity index (χ0n) is 22.0. The maximum Gasteiger partial charge on any atom is 0.407 e. The van der Waals surface area contributed by atoms with Crippen LogP contribution < -0.4 is 5.32 Å². The van der Waals surface area contributed by atoms with Crippen LogP contribution in [0.1, 0.15) is 93.4 Å². The van der Waals surface area contributed by atoms with Crippen LogP contribution in [-0.4, -0.2) is 44.4 Å². The molecule has 0 bridgehead atoms. The fraction of sp³-hybridized carbons (Fsp3) is 0.808. The van der Waals surface area contributed by atoms with Gasteiger partial charge in [-0.1, -0.05) is 61.0 Å². The number of amides is 1. The summed E-state index contributed by atoms with van der Waals surface area (Å²) in [6.45, 7) is 18.9. The average Bonchev–Trinajstić information content (AvgIpc) is 2.81. The number of nitrogens with one attached hydrogen (secondary N) is 1. The largest absolute Gasteiger partial charge is 0.465 e. The lowest BCUT2D eigenvalue weighted by Gasteiger charge is -2.40. The zero-order valence-corrected chi connectivity index (χ0v) is 22.0. The van der Waals surface area contributed by atoms with Crippen molar-refractivity contribution in [3.05, 3.63) is 12.2 Å². The number of ether oxygens (including phenoxy) is 3. The number of carbonyl (C=O) groups is 3. The van der Waals surface area contributed by atoms with Gasteiger partial charge in [-0.05, 0) is 49.9 Å². The molecule has 0 aromatic rings. The van der Waals surface area contributed by atoms with E-state index in [-0.39, 0.29) is 42.5 Å². The van der Waals surface area contributed by atoms with Crippen LogP contribution >= 0.6 is 0 Å². The minimum Gasteiger partial charge on any atom is -0.465 e. The Morgan fingerprint density at radius 2 is 1.39 bits per heavy atom. The van der Waals surface area contributed by atoms with Crippen molar-refractivity contribution in [1.82, 2.24) is 5.32 Å². The second kappa shape index (κ2) is 15.7. The van der Waals surface area contributed by atoms with Gasteiger partial charge >= 0.3 is 18.0 Å². The minimum atomic E-state index is -0.571. The quantitative estimate of drug-likeness (QED) is 0.125. The highest BCUT2D eigenvalue weighted by Crippen LogP contribution is 2.44. The smallest absolute Gasteiger partial charge is 0.407 e. The Morgan fingerprint density at radius 3 is 1.88 bits per heavy atom. The molecule has 0 fully saturated rings. The number of hydrogen-bond acceptors (Lipinski definition) is 6. The first-order valence-corrected chi connectivity index (χ1v) is 12.4. The van der Waals surface area contributed by atoms with Crippen LogP contribution in [0.5, 0.6) is 0 Å². The zero-order chi connectivity index (χ0) is 25.5. The van der Waals surface area contributed by atoms with Gasteiger partial charge in [-0.15, -0.1) is 0 Å². The highest BCUT2D eigenvalue weighted by atomic mass is 16.6. The summed E-state index contributed by atoms with van der Waals surface area (Å²) in [5.74, 6) is -0.732. The Morgan fingerprint density at radius 1 is 0.848 bits per heavy atom. The first-order valence-electron chi connectivity index (χ1n) is 12.4. The van der Waals surface area contributed by atoms with Gasteiger partial charge in [0, 0.05) is 5.57 Å². The standard InChI is InChI=1S/C26H47NO6/c1-9-25(7,10-2)19-21(26(8,11-3)12-4)23(29)31-16-13-14-17-33-24(30)27-15-18-32-22(28)20(5)6/h21H,5,9-19H2,1-4,6-8H3,(H,27,30). The average molecular weight is 470 g/mol.